The van der Waals surface area contributed by atoms with Crippen molar-refractivity contribution < 1.29 is 0 Å². The normalized spacial score (nSPS) is 15.8. The molecule has 7 aromatic carbocycles. The minimum atomic E-state index is 0.205. The van der Waals surface area contributed by atoms with Crippen LogP contribution >= 0.6 is 0 Å². The molecular formula is C48H38N2. The first-order chi connectivity index (χ1) is 24.7. The van der Waals surface area contributed by atoms with Gasteiger partial charge in [-0.25, -0.2) is 0 Å². The molecular weight excluding hydrogens is 605 g/mol. The number of aromatic nitrogens is 1. The van der Waals surface area contributed by atoms with E-state index in [1.165, 1.54) is 104 Å². The van der Waals surface area contributed by atoms with E-state index in [1.807, 2.05) is 0 Å². The predicted molar refractivity (Wildman–Crippen MR) is 213 cm³/mol. The Balaban J connectivity index is 1.29. The summed E-state index contributed by atoms with van der Waals surface area (Å²) < 4.78 is 2.54. The number of fused-ring (bicyclic) bond motifs is 12. The summed E-state index contributed by atoms with van der Waals surface area (Å²) in [6.45, 7) is 4.60. The number of hydrogen-bond acceptors (Lipinski definition) is 1. The Kier molecular flexibility index (Phi) is 5.77. The zero-order chi connectivity index (χ0) is 33.2. The summed E-state index contributed by atoms with van der Waals surface area (Å²) >= 11 is 0. The lowest BCUT2D eigenvalue weighted by molar-refractivity contribution is 0.625. The Bertz CT molecular complexity index is 2910. The molecule has 0 fully saturated rings. The lowest BCUT2D eigenvalue weighted by atomic mass is 9.80. The molecule has 1 atom stereocenters. The lowest BCUT2D eigenvalue weighted by Crippen LogP contribution is -2.05. The average molecular weight is 643 g/mol. The molecule has 2 heterocycles. The minimum absolute atomic E-state index is 0.205. The molecule has 9 aromatic rings. The Morgan fingerprint density at radius 1 is 0.620 bits per heavy atom. The van der Waals surface area contributed by atoms with Gasteiger partial charge in [0, 0.05) is 38.7 Å². The zero-order valence-corrected chi connectivity index (χ0v) is 28.6. The first-order valence-corrected chi connectivity index (χ1v) is 18.4. The quantitative estimate of drug-likeness (QED) is 0.203. The number of allylic oxidation sites excluding steroid dienone is 1. The van der Waals surface area contributed by atoms with Crippen molar-refractivity contribution in [3.63, 3.8) is 0 Å². The molecule has 0 radical (unpaired) electrons. The highest BCUT2D eigenvalue weighted by Gasteiger charge is 2.34. The Morgan fingerprint density at radius 2 is 1.32 bits per heavy atom. The van der Waals surface area contributed by atoms with Crippen LogP contribution in [0.4, 0.5) is 0 Å². The van der Waals surface area contributed by atoms with Crippen molar-refractivity contribution in [3.05, 3.63) is 149 Å². The van der Waals surface area contributed by atoms with E-state index in [0.29, 0.717) is 5.92 Å². The second-order valence-electron chi connectivity index (χ2n) is 14.7. The van der Waals surface area contributed by atoms with Gasteiger partial charge in [0.1, 0.15) is 0 Å². The summed E-state index contributed by atoms with van der Waals surface area (Å²) in [5.74, 6) is 0.668. The molecule has 0 aliphatic heterocycles. The largest absolute Gasteiger partial charge is 0.398 e. The van der Waals surface area contributed by atoms with Gasteiger partial charge in [0.25, 0.3) is 0 Å². The van der Waals surface area contributed by atoms with Gasteiger partial charge in [-0.15, -0.1) is 0 Å². The van der Waals surface area contributed by atoms with E-state index in [9.17, 15) is 0 Å². The number of nitrogens with two attached hydrogens (primary N) is 1. The van der Waals surface area contributed by atoms with Crippen LogP contribution in [0.5, 0.6) is 0 Å². The average Bonchev–Trinajstić information content (AvgIpc) is 3.73. The number of benzene rings is 7. The third-order valence-electron chi connectivity index (χ3n) is 12.5. The molecule has 2 N–H and O–H groups in total. The summed E-state index contributed by atoms with van der Waals surface area (Å²) in [5.41, 5.74) is 23.0. The molecule has 240 valence electrons. The van der Waals surface area contributed by atoms with Crippen molar-refractivity contribution in [3.8, 4) is 11.1 Å². The van der Waals surface area contributed by atoms with Crippen LogP contribution in [-0.4, -0.2) is 4.40 Å². The summed E-state index contributed by atoms with van der Waals surface area (Å²) in [5, 5.41) is 10.8. The van der Waals surface area contributed by atoms with Crippen LogP contribution in [0.3, 0.4) is 0 Å². The predicted octanol–water partition coefficient (Wildman–Crippen LogP) is 12.5. The van der Waals surface area contributed by atoms with E-state index in [-0.39, 0.29) is 5.92 Å². The molecule has 0 saturated carbocycles. The van der Waals surface area contributed by atoms with Gasteiger partial charge in [0.05, 0.1) is 16.6 Å². The second-order valence-corrected chi connectivity index (χ2v) is 14.7. The third kappa shape index (κ3) is 3.49. The van der Waals surface area contributed by atoms with Gasteiger partial charge in [0.2, 0.25) is 0 Å². The lowest BCUT2D eigenvalue weighted by Gasteiger charge is -2.23. The molecule has 2 nitrogen and oxygen atoms in total. The van der Waals surface area contributed by atoms with Crippen LogP contribution in [0.25, 0.3) is 82.0 Å². The van der Waals surface area contributed by atoms with Gasteiger partial charge in [0.15, 0.2) is 0 Å². The Labute approximate surface area is 291 Å². The molecule has 2 heteroatoms. The van der Waals surface area contributed by atoms with Crippen LogP contribution < -0.4 is 5.73 Å². The van der Waals surface area contributed by atoms with Gasteiger partial charge >= 0.3 is 0 Å². The summed E-state index contributed by atoms with van der Waals surface area (Å²) in [6.07, 6.45) is 4.25. The smallest absolute Gasteiger partial charge is 0.0623 e. The van der Waals surface area contributed by atoms with Crippen molar-refractivity contribution in [2.24, 2.45) is 11.7 Å². The van der Waals surface area contributed by atoms with E-state index >= 15 is 0 Å². The van der Waals surface area contributed by atoms with Crippen molar-refractivity contribution >= 4 is 70.9 Å². The SMILES string of the molecule is CCC(CC)C1=C(N)c2ccc([C@@H]3CCc4c(ccc5ccccc45)-c4cc5c6ccccc6n6c7ccccc7c(c43)c56)c3cccc1c23. The monoisotopic (exact) mass is 642 g/mol. The summed E-state index contributed by atoms with van der Waals surface area (Å²) in [4.78, 5) is 0. The third-order valence-corrected chi connectivity index (χ3v) is 12.5. The van der Waals surface area contributed by atoms with Gasteiger partial charge in [-0.3, -0.25) is 0 Å². The highest BCUT2D eigenvalue weighted by atomic mass is 14.9. The number of hydrogen-bond donors (Lipinski definition) is 1. The van der Waals surface area contributed by atoms with Crippen LogP contribution in [-0.2, 0) is 6.42 Å². The minimum Gasteiger partial charge on any atom is -0.398 e. The summed E-state index contributed by atoms with van der Waals surface area (Å²) in [7, 11) is 0. The molecule has 0 saturated heterocycles. The number of rotatable bonds is 4. The van der Waals surface area contributed by atoms with Crippen LogP contribution in [0.15, 0.2) is 121 Å². The molecule has 50 heavy (non-hydrogen) atoms. The van der Waals surface area contributed by atoms with Crippen LogP contribution in [0, 0.1) is 5.92 Å². The van der Waals surface area contributed by atoms with Crippen molar-refractivity contribution in [2.75, 3.05) is 0 Å². The van der Waals surface area contributed by atoms with E-state index in [2.05, 4.69) is 140 Å². The molecule has 0 unspecified atom stereocenters. The van der Waals surface area contributed by atoms with Gasteiger partial charge in [-0.2, -0.15) is 0 Å². The maximum absolute atomic E-state index is 7.06. The maximum atomic E-state index is 7.06. The fourth-order valence-corrected chi connectivity index (χ4v) is 10.3. The van der Waals surface area contributed by atoms with E-state index < -0.39 is 0 Å². The molecule has 2 aliphatic carbocycles. The van der Waals surface area contributed by atoms with E-state index in [1.54, 1.807) is 0 Å². The van der Waals surface area contributed by atoms with Crippen molar-refractivity contribution in [1.82, 2.24) is 4.40 Å². The Morgan fingerprint density at radius 3 is 2.14 bits per heavy atom. The van der Waals surface area contributed by atoms with Gasteiger partial charge in [-0.05, 0) is 110 Å². The highest BCUT2D eigenvalue weighted by Crippen LogP contribution is 2.54. The van der Waals surface area contributed by atoms with E-state index in [0.717, 1.165) is 31.4 Å². The molecule has 0 bridgehead atoms. The standard InChI is InChI=1S/C48H38N2/c1-3-27(4-2)43-37-17-11-16-34-32(23-25-38(44(34)37)47(43)49)35-24-22-30-29-13-6-5-12-28(29)20-21-31(30)39-26-40-33-14-7-9-18-41(33)50-42-19-10-8-15-36(42)46(45(35)39)48(40)50/h5-21,23,25-27,35H,3-4,22,24,49H2,1-2H3/t35-/m0/s1. The second kappa shape index (κ2) is 10.2. The number of nitrogens with zero attached hydrogens (tertiary/aromatic N) is 1. The molecule has 11 rings (SSSR count). The number of aryl methyl sites for hydroxylation is 1. The Hall–Kier alpha value is -5.60. The fraction of sp³-hybridized carbons (Fsp3) is 0.167. The van der Waals surface area contributed by atoms with Gasteiger partial charge in [-0.1, -0.05) is 117 Å². The molecule has 2 aliphatic rings. The van der Waals surface area contributed by atoms with Crippen LogP contribution in [0.1, 0.15) is 66.8 Å². The molecule has 0 amide bonds. The van der Waals surface area contributed by atoms with E-state index in [4.69, 9.17) is 5.73 Å². The van der Waals surface area contributed by atoms with Crippen molar-refractivity contribution in [1.29, 1.82) is 0 Å². The van der Waals surface area contributed by atoms with Crippen molar-refractivity contribution in [2.45, 2.75) is 45.4 Å². The first kappa shape index (κ1) is 28.3. The summed E-state index contributed by atoms with van der Waals surface area (Å²) in [6, 6.07) is 46.1. The van der Waals surface area contributed by atoms with Gasteiger partial charge < -0.3 is 10.1 Å². The highest BCUT2D eigenvalue weighted by molar-refractivity contribution is 6.26. The fourth-order valence-electron chi connectivity index (χ4n) is 10.3. The topological polar surface area (TPSA) is 30.4 Å². The maximum Gasteiger partial charge on any atom is 0.0623 e. The zero-order valence-electron chi connectivity index (χ0n) is 28.6. The van der Waals surface area contributed by atoms with Crippen LogP contribution in [0.2, 0.25) is 0 Å². The number of para-hydroxylation sites is 2. The molecule has 2 aromatic heterocycles. The first-order valence-electron chi connectivity index (χ1n) is 18.4. The molecule has 0 spiro atoms.